The van der Waals surface area contributed by atoms with E-state index in [0.29, 0.717) is 29.4 Å². The Bertz CT molecular complexity index is 1050. The first kappa shape index (κ1) is 22.3. The molecule has 1 amide bonds. The van der Waals surface area contributed by atoms with E-state index < -0.39 is 24.3 Å². The number of para-hydroxylation sites is 1. The maximum atomic E-state index is 13.3. The average molecular weight is 459 g/mol. The SMILES string of the molecule is CN(Cc1ccc(F)cc1)[C@@H]1[C@@H](O)[C@H](Oc2ccccc2Cl)C[C@H]1NC(=O)c1ccn[nH]1. The van der Waals surface area contributed by atoms with E-state index in [0.717, 1.165) is 5.56 Å². The van der Waals surface area contributed by atoms with Gasteiger partial charge in [0, 0.05) is 19.2 Å². The Morgan fingerprint density at radius 3 is 2.72 bits per heavy atom. The third-order valence-corrected chi connectivity index (χ3v) is 5.97. The van der Waals surface area contributed by atoms with Gasteiger partial charge in [-0.25, -0.2) is 4.39 Å². The van der Waals surface area contributed by atoms with Crippen molar-refractivity contribution in [3.05, 3.63) is 82.9 Å². The number of hydrogen-bond acceptors (Lipinski definition) is 5. The van der Waals surface area contributed by atoms with Gasteiger partial charge in [-0.15, -0.1) is 0 Å². The first-order chi connectivity index (χ1) is 15.4. The van der Waals surface area contributed by atoms with Crippen LogP contribution in [0.15, 0.2) is 60.8 Å². The maximum Gasteiger partial charge on any atom is 0.269 e. The van der Waals surface area contributed by atoms with Gasteiger partial charge in [-0.1, -0.05) is 35.9 Å². The molecular weight excluding hydrogens is 435 g/mol. The van der Waals surface area contributed by atoms with Gasteiger partial charge in [0.15, 0.2) is 0 Å². The zero-order chi connectivity index (χ0) is 22.7. The molecule has 1 aliphatic rings. The number of carbonyl (C=O) groups excluding carboxylic acids is 1. The number of aromatic amines is 1. The fourth-order valence-corrected chi connectivity index (χ4v) is 4.31. The molecule has 2 aromatic carbocycles. The van der Waals surface area contributed by atoms with E-state index in [2.05, 4.69) is 15.5 Å². The predicted molar refractivity (Wildman–Crippen MR) is 118 cm³/mol. The smallest absolute Gasteiger partial charge is 0.269 e. The average Bonchev–Trinajstić information content (AvgIpc) is 3.40. The highest BCUT2D eigenvalue weighted by atomic mass is 35.5. The lowest BCUT2D eigenvalue weighted by atomic mass is 10.1. The Balaban J connectivity index is 1.54. The van der Waals surface area contributed by atoms with Crippen molar-refractivity contribution in [3.8, 4) is 5.75 Å². The predicted octanol–water partition coefficient (Wildman–Crippen LogP) is 3.01. The van der Waals surface area contributed by atoms with Crippen molar-refractivity contribution in [3.63, 3.8) is 0 Å². The molecule has 9 heteroatoms. The summed E-state index contributed by atoms with van der Waals surface area (Å²) in [5.74, 6) is -0.160. The van der Waals surface area contributed by atoms with E-state index in [9.17, 15) is 14.3 Å². The second kappa shape index (κ2) is 9.68. The van der Waals surface area contributed by atoms with Gasteiger partial charge in [-0.3, -0.25) is 14.8 Å². The molecule has 1 heterocycles. The number of likely N-dealkylation sites (N-methyl/N-ethyl adjacent to an activating group) is 1. The summed E-state index contributed by atoms with van der Waals surface area (Å²) >= 11 is 6.23. The van der Waals surface area contributed by atoms with E-state index in [4.69, 9.17) is 16.3 Å². The van der Waals surface area contributed by atoms with Crippen LogP contribution in [0.4, 0.5) is 4.39 Å². The number of benzene rings is 2. The summed E-state index contributed by atoms with van der Waals surface area (Å²) in [6.45, 7) is 0.456. The standard InChI is InChI=1S/C23H24ClFN4O3/c1-29(13-14-6-8-15(25)9-7-14)21-18(27-23(31)17-10-11-26-28-17)12-20(22(21)30)32-19-5-3-2-4-16(19)24/h2-11,18,20-22,30H,12-13H2,1H3,(H,26,28)(H,27,31)/t18-,20-,21+,22+/m1/s1. The lowest BCUT2D eigenvalue weighted by Gasteiger charge is -2.32. The van der Waals surface area contributed by atoms with Gasteiger partial charge in [0.2, 0.25) is 0 Å². The number of rotatable bonds is 7. The van der Waals surface area contributed by atoms with Crippen LogP contribution in [0.1, 0.15) is 22.5 Å². The topological polar surface area (TPSA) is 90.5 Å². The Kier molecular flexibility index (Phi) is 6.74. The summed E-state index contributed by atoms with van der Waals surface area (Å²) in [4.78, 5) is 14.6. The Hall–Kier alpha value is -2.94. The van der Waals surface area contributed by atoms with Gasteiger partial charge >= 0.3 is 0 Å². The number of carbonyl (C=O) groups is 1. The van der Waals surface area contributed by atoms with Crippen molar-refractivity contribution in [1.29, 1.82) is 0 Å². The fourth-order valence-electron chi connectivity index (χ4n) is 4.13. The Morgan fingerprint density at radius 2 is 2.03 bits per heavy atom. The number of aliphatic hydroxyl groups excluding tert-OH is 1. The van der Waals surface area contributed by atoms with Gasteiger partial charge in [0.05, 0.1) is 17.1 Å². The summed E-state index contributed by atoms with van der Waals surface area (Å²) in [7, 11) is 1.85. The van der Waals surface area contributed by atoms with E-state index in [1.165, 1.54) is 18.3 Å². The van der Waals surface area contributed by atoms with Crippen LogP contribution in [0.25, 0.3) is 0 Å². The molecule has 168 valence electrons. The molecule has 0 radical (unpaired) electrons. The molecule has 1 saturated carbocycles. The minimum Gasteiger partial charge on any atom is -0.486 e. The molecule has 0 bridgehead atoms. The highest BCUT2D eigenvalue weighted by Gasteiger charge is 2.46. The molecule has 0 spiro atoms. The van der Waals surface area contributed by atoms with Gasteiger partial charge < -0.3 is 15.2 Å². The zero-order valence-electron chi connectivity index (χ0n) is 17.4. The largest absolute Gasteiger partial charge is 0.486 e. The van der Waals surface area contributed by atoms with Crippen LogP contribution in [0.2, 0.25) is 5.02 Å². The minimum atomic E-state index is -0.899. The molecule has 4 atom stereocenters. The van der Waals surface area contributed by atoms with Gasteiger partial charge in [-0.05, 0) is 42.9 Å². The molecule has 0 saturated heterocycles. The molecule has 1 fully saturated rings. The molecule has 0 aliphatic heterocycles. The molecule has 32 heavy (non-hydrogen) atoms. The number of hydrogen-bond donors (Lipinski definition) is 3. The zero-order valence-corrected chi connectivity index (χ0v) is 18.2. The summed E-state index contributed by atoms with van der Waals surface area (Å²) in [6, 6.07) is 14.0. The van der Waals surface area contributed by atoms with Crippen LogP contribution in [-0.2, 0) is 6.54 Å². The molecule has 4 rings (SSSR count). The van der Waals surface area contributed by atoms with Crippen LogP contribution < -0.4 is 10.1 Å². The van der Waals surface area contributed by atoms with Crippen LogP contribution in [0.5, 0.6) is 5.75 Å². The van der Waals surface area contributed by atoms with Crippen molar-refractivity contribution < 1.29 is 19.0 Å². The number of halogens is 2. The van der Waals surface area contributed by atoms with Gasteiger partial charge in [-0.2, -0.15) is 5.10 Å². The van der Waals surface area contributed by atoms with Crippen molar-refractivity contribution in [2.24, 2.45) is 0 Å². The number of ether oxygens (including phenoxy) is 1. The van der Waals surface area contributed by atoms with Crippen molar-refractivity contribution in [2.45, 2.75) is 37.3 Å². The number of aliphatic hydroxyl groups is 1. The number of nitrogens with zero attached hydrogens (tertiary/aromatic N) is 2. The second-order valence-corrected chi connectivity index (χ2v) is 8.30. The highest BCUT2D eigenvalue weighted by Crippen LogP contribution is 2.32. The third-order valence-electron chi connectivity index (χ3n) is 5.66. The van der Waals surface area contributed by atoms with Crippen LogP contribution in [-0.4, -0.2) is 57.5 Å². The van der Waals surface area contributed by atoms with Crippen LogP contribution in [0.3, 0.4) is 0 Å². The van der Waals surface area contributed by atoms with E-state index >= 15 is 0 Å². The number of aromatic nitrogens is 2. The van der Waals surface area contributed by atoms with Gasteiger partial charge in [0.1, 0.15) is 29.5 Å². The quantitative estimate of drug-likeness (QED) is 0.506. The van der Waals surface area contributed by atoms with Crippen molar-refractivity contribution in [2.75, 3.05) is 7.05 Å². The first-order valence-corrected chi connectivity index (χ1v) is 10.6. The summed E-state index contributed by atoms with van der Waals surface area (Å²) in [5.41, 5.74) is 1.21. The molecule has 3 aromatic rings. The molecule has 7 nitrogen and oxygen atoms in total. The Labute approximate surface area is 190 Å². The highest BCUT2D eigenvalue weighted by molar-refractivity contribution is 6.32. The molecule has 1 aliphatic carbocycles. The van der Waals surface area contributed by atoms with Crippen LogP contribution >= 0.6 is 11.6 Å². The van der Waals surface area contributed by atoms with Crippen LogP contribution in [0, 0.1) is 5.82 Å². The van der Waals surface area contributed by atoms with Crippen molar-refractivity contribution in [1.82, 2.24) is 20.4 Å². The van der Waals surface area contributed by atoms with E-state index in [-0.39, 0.29) is 11.7 Å². The van der Waals surface area contributed by atoms with Gasteiger partial charge in [0.25, 0.3) is 5.91 Å². The summed E-state index contributed by atoms with van der Waals surface area (Å²) in [6.07, 6.45) is 0.399. The summed E-state index contributed by atoms with van der Waals surface area (Å²) < 4.78 is 19.3. The monoisotopic (exact) mass is 458 g/mol. The minimum absolute atomic E-state index is 0.310. The second-order valence-electron chi connectivity index (χ2n) is 7.90. The lowest BCUT2D eigenvalue weighted by molar-refractivity contribution is 0.0125. The lowest BCUT2D eigenvalue weighted by Crippen LogP contribution is -2.51. The molecule has 1 aromatic heterocycles. The third kappa shape index (κ3) is 4.93. The molecular formula is C23H24ClFN4O3. The number of nitrogens with one attached hydrogen (secondary N) is 2. The molecule has 3 N–H and O–H groups in total. The Morgan fingerprint density at radius 1 is 1.28 bits per heavy atom. The fraction of sp³-hybridized carbons (Fsp3) is 0.304. The maximum absolute atomic E-state index is 13.3. The normalized spacial score (nSPS) is 22.8. The summed E-state index contributed by atoms with van der Waals surface area (Å²) in [5, 5.41) is 21.1. The number of amides is 1. The van der Waals surface area contributed by atoms with E-state index in [1.54, 1.807) is 42.5 Å². The van der Waals surface area contributed by atoms with Crippen molar-refractivity contribution >= 4 is 17.5 Å². The number of H-pyrrole nitrogens is 1. The first-order valence-electron chi connectivity index (χ1n) is 10.3. The van der Waals surface area contributed by atoms with E-state index in [1.807, 2.05) is 11.9 Å². The molecule has 0 unspecified atom stereocenters.